The minimum absolute atomic E-state index is 0.429. The fourth-order valence-corrected chi connectivity index (χ4v) is 1.85. The summed E-state index contributed by atoms with van der Waals surface area (Å²) in [4.78, 5) is 4.03. The van der Waals surface area contributed by atoms with Gasteiger partial charge in [-0.3, -0.25) is 0 Å². The largest absolute Gasteiger partial charge is 0.396 e. The van der Waals surface area contributed by atoms with E-state index < -0.39 is 11.6 Å². The zero-order chi connectivity index (χ0) is 13.8. The Hall–Kier alpha value is -1.88. The maximum Gasteiger partial charge on any atom is 0.149 e. The van der Waals surface area contributed by atoms with Gasteiger partial charge in [-0.25, -0.2) is 13.8 Å². The van der Waals surface area contributed by atoms with E-state index in [0.29, 0.717) is 35.1 Å². The normalized spacial score (nSPS) is 10.5. The van der Waals surface area contributed by atoms with Gasteiger partial charge < -0.3 is 11.1 Å². The van der Waals surface area contributed by atoms with Gasteiger partial charge in [0.25, 0.3) is 0 Å². The number of hydrogen-bond donors (Lipinski definition) is 2. The third kappa shape index (κ3) is 3.79. The van der Waals surface area contributed by atoms with Gasteiger partial charge in [0.15, 0.2) is 0 Å². The number of benzene rings is 1. The maximum absolute atomic E-state index is 13.0. The molecular formula is C13H12ClF2N3. The Morgan fingerprint density at radius 3 is 2.47 bits per heavy atom. The number of pyridine rings is 1. The van der Waals surface area contributed by atoms with Gasteiger partial charge in [0.05, 0.1) is 10.7 Å². The number of rotatable bonds is 4. The zero-order valence-corrected chi connectivity index (χ0v) is 10.7. The highest BCUT2D eigenvalue weighted by Crippen LogP contribution is 2.19. The third-order valence-electron chi connectivity index (χ3n) is 2.51. The van der Waals surface area contributed by atoms with Crippen LogP contribution < -0.4 is 11.1 Å². The number of nitrogens with one attached hydrogen (secondary N) is 1. The fraction of sp³-hybridized carbons (Fsp3) is 0.154. The van der Waals surface area contributed by atoms with Crippen molar-refractivity contribution in [2.24, 2.45) is 0 Å². The number of halogens is 3. The van der Waals surface area contributed by atoms with Crippen LogP contribution in [-0.2, 0) is 6.42 Å². The first-order valence-electron chi connectivity index (χ1n) is 5.64. The Balaban J connectivity index is 1.96. The average Bonchev–Trinajstić information content (AvgIpc) is 2.30. The molecule has 1 aromatic carbocycles. The van der Waals surface area contributed by atoms with Crippen molar-refractivity contribution >= 4 is 23.1 Å². The second-order valence-electron chi connectivity index (χ2n) is 4.05. The summed E-state index contributed by atoms with van der Waals surface area (Å²) in [6, 6.07) is 5.02. The summed E-state index contributed by atoms with van der Waals surface area (Å²) in [6.45, 7) is 0.460. The summed E-state index contributed by atoms with van der Waals surface area (Å²) in [5.41, 5.74) is 6.72. The van der Waals surface area contributed by atoms with Crippen molar-refractivity contribution in [2.45, 2.75) is 6.42 Å². The van der Waals surface area contributed by atoms with Crippen molar-refractivity contribution in [1.82, 2.24) is 4.98 Å². The first kappa shape index (κ1) is 13.5. The second-order valence-corrected chi connectivity index (χ2v) is 4.48. The predicted molar refractivity (Wildman–Crippen MR) is 72.2 cm³/mol. The van der Waals surface area contributed by atoms with Crippen molar-refractivity contribution in [3.8, 4) is 0 Å². The van der Waals surface area contributed by atoms with Crippen LogP contribution in [0, 0.1) is 11.6 Å². The summed E-state index contributed by atoms with van der Waals surface area (Å²) in [5, 5.41) is 3.44. The molecule has 0 aliphatic carbocycles. The number of nitrogens with two attached hydrogens (primary N) is 1. The molecular weight excluding hydrogens is 272 g/mol. The van der Waals surface area contributed by atoms with E-state index in [9.17, 15) is 8.78 Å². The predicted octanol–water partition coefficient (Wildman–Crippen LogP) is 3.25. The molecule has 2 aromatic rings. The van der Waals surface area contributed by atoms with Crippen molar-refractivity contribution in [1.29, 1.82) is 0 Å². The summed E-state index contributed by atoms with van der Waals surface area (Å²) < 4.78 is 26.0. The number of nitrogen functional groups attached to an aromatic ring is 1. The highest BCUT2D eigenvalue weighted by atomic mass is 35.5. The molecule has 0 bridgehead atoms. The van der Waals surface area contributed by atoms with Gasteiger partial charge in [0.2, 0.25) is 0 Å². The lowest BCUT2D eigenvalue weighted by molar-refractivity contribution is 0.580. The topological polar surface area (TPSA) is 50.9 Å². The first-order chi connectivity index (χ1) is 9.04. The summed E-state index contributed by atoms with van der Waals surface area (Å²) >= 11 is 5.73. The standard InChI is InChI=1S/C13H12ClF2N3/c14-9-5-12(17)13(19-7-9)18-2-1-8-3-10(15)6-11(16)4-8/h3-7H,1-2,17H2,(H,18,19). The molecule has 0 amide bonds. The van der Waals surface area contributed by atoms with Crippen LogP contribution in [0.5, 0.6) is 0 Å². The van der Waals surface area contributed by atoms with Crippen molar-refractivity contribution < 1.29 is 8.78 Å². The Kier molecular flexibility index (Phi) is 4.16. The minimum Gasteiger partial charge on any atom is -0.396 e. The molecule has 0 spiro atoms. The molecule has 1 aromatic heterocycles. The molecule has 1 heterocycles. The summed E-state index contributed by atoms with van der Waals surface area (Å²) in [6.07, 6.45) is 1.93. The van der Waals surface area contributed by atoms with Crippen molar-refractivity contribution in [2.75, 3.05) is 17.6 Å². The Labute approximate surface area is 114 Å². The Morgan fingerprint density at radius 2 is 1.84 bits per heavy atom. The molecule has 0 aliphatic rings. The van der Waals surface area contributed by atoms with Gasteiger partial charge in [-0.05, 0) is 30.2 Å². The van der Waals surface area contributed by atoms with Crippen LogP contribution in [0.1, 0.15) is 5.56 Å². The average molecular weight is 284 g/mol. The SMILES string of the molecule is Nc1cc(Cl)cnc1NCCc1cc(F)cc(F)c1. The van der Waals surface area contributed by atoms with Crippen LogP contribution in [0.3, 0.4) is 0 Å². The number of anilines is 2. The molecule has 6 heteroatoms. The quantitative estimate of drug-likeness (QED) is 0.905. The number of hydrogen-bond acceptors (Lipinski definition) is 3. The molecule has 0 fully saturated rings. The molecule has 0 unspecified atom stereocenters. The lowest BCUT2D eigenvalue weighted by atomic mass is 10.1. The molecule has 0 aliphatic heterocycles. The van der Waals surface area contributed by atoms with E-state index in [-0.39, 0.29) is 0 Å². The third-order valence-corrected chi connectivity index (χ3v) is 2.72. The van der Waals surface area contributed by atoms with E-state index in [4.69, 9.17) is 17.3 Å². The van der Waals surface area contributed by atoms with Gasteiger partial charge in [-0.1, -0.05) is 11.6 Å². The van der Waals surface area contributed by atoms with Crippen LogP contribution in [0.15, 0.2) is 30.5 Å². The molecule has 19 heavy (non-hydrogen) atoms. The van der Waals surface area contributed by atoms with Crippen molar-refractivity contribution in [3.05, 3.63) is 52.7 Å². The fourth-order valence-electron chi connectivity index (χ4n) is 1.68. The van der Waals surface area contributed by atoms with E-state index in [1.54, 1.807) is 6.07 Å². The maximum atomic E-state index is 13.0. The minimum atomic E-state index is -0.584. The molecule has 0 radical (unpaired) electrons. The number of aromatic nitrogens is 1. The highest BCUT2D eigenvalue weighted by molar-refractivity contribution is 6.30. The van der Waals surface area contributed by atoms with E-state index >= 15 is 0 Å². The lowest BCUT2D eigenvalue weighted by Crippen LogP contribution is -2.08. The van der Waals surface area contributed by atoms with Crippen LogP contribution in [-0.4, -0.2) is 11.5 Å². The van der Waals surface area contributed by atoms with Gasteiger partial charge in [-0.15, -0.1) is 0 Å². The van der Waals surface area contributed by atoms with E-state index in [2.05, 4.69) is 10.3 Å². The van der Waals surface area contributed by atoms with Gasteiger partial charge >= 0.3 is 0 Å². The molecule has 3 nitrogen and oxygen atoms in total. The Bertz CT molecular complexity index is 570. The highest BCUT2D eigenvalue weighted by Gasteiger charge is 2.03. The molecule has 2 rings (SSSR count). The smallest absolute Gasteiger partial charge is 0.149 e. The van der Waals surface area contributed by atoms with Crippen LogP contribution in [0.2, 0.25) is 5.02 Å². The van der Waals surface area contributed by atoms with E-state index in [1.165, 1.54) is 18.3 Å². The monoisotopic (exact) mass is 283 g/mol. The van der Waals surface area contributed by atoms with Gasteiger partial charge in [0.1, 0.15) is 17.5 Å². The summed E-state index contributed by atoms with van der Waals surface area (Å²) in [5.74, 6) is -0.667. The van der Waals surface area contributed by atoms with Crippen LogP contribution >= 0.6 is 11.6 Å². The van der Waals surface area contributed by atoms with Crippen molar-refractivity contribution in [3.63, 3.8) is 0 Å². The number of nitrogens with zero attached hydrogens (tertiary/aromatic N) is 1. The van der Waals surface area contributed by atoms with Crippen LogP contribution in [0.25, 0.3) is 0 Å². The Morgan fingerprint density at radius 1 is 1.16 bits per heavy atom. The molecule has 100 valence electrons. The van der Waals surface area contributed by atoms with E-state index in [0.717, 1.165) is 6.07 Å². The lowest BCUT2D eigenvalue weighted by Gasteiger charge is -2.08. The zero-order valence-electron chi connectivity index (χ0n) is 9.96. The second kappa shape index (κ2) is 5.84. The molecule has 0 saturated heterocycles. The van der Waals surface area contributed by atoms with Gasteiger partial charge in [-0.2, -0.15) is 0 Å². The van der Waals surface area contributed by atoms with Crippen LogP contribution in [0.4, 0.5) is 20.3 Å². The molecule has 0 atom stereocenters. The summed E-state index contributed by atoms with van der Waals surface area (Å²) in [7, 11) is 0. The van der Waals surface area contributed by atoms with Gasteiger partial charge in [0, 0.05) is 18.8 Å². The molecule has 3 N–H and O–H groups in total. The first-order valence-corrected chi connectivity index (χ1v) is 6.02. The van der Waals surface area contributed by atoms with E-state index in [1.807, 2.05) is 0 Å². The molecule has 0 saturated carbocycles.